The minimum absolute atomic E-state index is 0.209. The molecule has 0 unspecified atom stereocenters. The Balaban J connectivity index is 2.51. The molecule has 0 amide bonds. The van der Waals surface area contributed by atoms with Crippen molar-refractivity contribution < 1.29 is 17.4 Å². The Kier molecular flexibility index (Phi) is 1.45. The fourth-order valence-corrected chi connectivity index (χ4v) is 1.28. The van der Waals surface area contributed by atoms with E-state index in [9.17, 15) is 12.8 Å². The zero-order valence-corrected chi connectivity index (χ0v) is 5.31. The number of hydrogen-bond donors (Lipinski definition) is 1. The Labute approximate surface area is 52.2 Å². The third-order valence-corrected chi connectivity index (χ3v) is 2.08. The Morgan fingerprint density at radius 1 is 1.56 bits per heavy atom. The number of halogens is 1. The van der Waals surface area contributed by atoms with Crippen LogP contribution in [-0.4, -0.2) is 36.5 Å². The molecule has 1 N–H and O–H groups in total. The smallest absolute Gasteiger partial charge is 0.273 e. The standard InChI is InChI=1S/C3H6FNO3S/c4-3-1-5(2-3)9(6,7)8/h3H,1-2H2,(H,6,7,8). The molecule has 0 aromatic rings. The monoisotopic (exact) mass is 155 g/mol. The highest BCUT2D eigenvalue weighted by molar-refractivity contribution is 7.83. The van der Waals surface area contributed by atoms with Gasteiger partial charge in [-0.2, -0.15) is 12.7 Å². The Morgan fingerprint density at radius 3 is 2.11 bits per heavy atom. The maximum Gasteiger partial charge on any atom is 0.336 e. The second-order valence-electron chi connectivity index (χ2n) is 1.89. The average Bonchev–Trinajstić information content (AvgIpc) is 1.55. The van der Waals surface area contributed by atoms with E-state index in [1.165, 1.54) is 0 Å². The van der Waals surface area contributed by atoms with Crippen molar-refractivity contribution >= 4 is 10.3 Å². The van der Waals surface area contributed by atoms with Gasteiger partial charge in [0.05, 0.1) is 0 Å². The van der Waals surface area contributed by atoms with E-state index < -0.39 is 16.5 Å². The summed E-state index contributed by atoms with van der Waals surface area (Å²) in [4.78, 5) is 0. The average molecular weight is 155 g/mol. The van der Waals surface area contributed by atoms with Crippen molar-refractivity contribution in [3.05, 3.63) is 0 Å². The van der Waals surface area contributed by atoms with Gasteiger partial charge in [-0.15, -0.1) is 0 Å². The summed E-state index contributed by atoms with van der Waals surface area (Å²) in [5.74, 6) is 0. The summed E-state index contributed by atoms with van der Waals surface area (Å²) < 4.78 is 40.9. The SMILES string of the molecule is O=S(=O)(O)N1CC(F)C1. The van der Waals surface area contributed by atoms with Gasteiger partial charge in [0.1, 0.15) is 6.17 Å². The van der Waals surface area contributed by atoms with E-state index in [2.05, 4.69) is 0 Å². The van der Waals surface area contributed by atoms with Crippen LogP contribution < -0.4 is 0 Å². The molecule has 0 aromatic heterocycles. The first-order chi connectivity index (χ1) is 4.00. The summed E-state index contributed by atoms with van der Waals surface area (Å²) in [6.45, 7) is -0.419. The molecule has 1 fully saturated rings. The van der Waals surface area contributed by atoms with Crippen molar-refractivity contribution in [2.45, 2.75) is 6.17 Å². The number of rotatable bonds is 1. The molecular weight excluding hydrogens is 149 g/mol. The lowest BCUT2D eigenvalue weighted by Crippen LogP contribution is -2.51. The minimum Gasteiger partial charge on any atom is -0.273 e. The molecule has 6 heteroatoms. The van der Waals surface area contributed by atoms with E-state index in [1.807, 2.05) is 0 Å². The fraction of sp³-hybridized carbons (Fsp3) is 1.00. The van der Waals surface area contributed by atoms with Crippen LogP contribution in [0, 0.1) is 0 Å². The van der Waals surface area contributed by atoms with Gasteiger partial charge in [0.2, 0.25) is 0 Å². The predicted octanol–water partition coefficient (Wildman–Crippen LogP) is -0.557. The number of hydrogen-bond acceptors (Lipinski definition) is 2. The van der Waals surface area contributed by atoms with Gasteiger partial charge < -0.3 is 0 Å². The molecule has 1 heterocycles. The zero-order chi connectivity index (χ0) is 7.07. The van der Waals surface area contributed by atoms with E-state index in [4.69, 9.17) is 4.55 Å². The third-order valence-electron chi connectivity index (χ3n) is 1.13. The highest BCUT2D eigenvalue weighted by Crippen LogP contribution is 2.13. The molecule has 54 valence electrons. The summed E-state index contributed by atoms with van der Waals surface area (Å²) in [6.07, 6.45) is -1.10. The summed E-state index contributed by atoms with van der Waals surface area (Å²) in [5.41, 5.74) is 0. The van der Waals surface area contributed by atoms with Gasteiger partial charge in [-0.1, -0.05) is 0 Å². The largest absolute Gasteiger partial charge is 0.336 e. The first-order valence-corrected chi connectivity index (χ1v) is 3.76. The summed E-state index contributed by atoms with van der Waals surface area (Å²) >= 11 is 0. The summed E-state index contributed by atoms with van der Waals surface area (Å²) in [7, 11) is -4.11. The highest BCUT2D eigenvalue weighted by atomic mass is 32.2. The lowest BCUT2D eigenvalue weighted by Gasteiger charge is -2.30. The van der Waals surface area contributed by atoms with Crippen molar-refractivity contribution in [3.8, 4) is 0 Å². The van der Waals surface area contributed by atoms with Crippen LogP contribution in [0.5, 0.6) is 0 Å². The Hall–Kier alpha value is -0.200. The molecule has 1 rings (SSSR count). The van der Waals surface area contributed by atoms with Crippen LogP contribution in [0.1, 0.15) is 0 Å². The first kappa shape index (κ1) is 6.91. The molecule has 0 aromatic carbocycles. The molecule has 9 heavy (non-hydrogen) atoms. The van der Waals surface area contributed by atoms with E-state index in [1.54, 1.807) is 0 Å². The number of nitrogens with zero attached hydrogens (tertiary/aromatic N) is 1. The van der Waals surface area contributed by atoms with Gasteiger partial charge in [0, 0.05) is 13.1 Å². The molecule has 4 nitrogen and oxygen atoms in total. The lowest BCUT2D eigenvalue weighted by molar-refractivity contribution is 0.131. The molecular formula is C3H6FNO3S. The molecule has 0 spiro atoms. The van der Waals surface area contributed by atoms with Crippen LogP contribution in [0.25, 0.3) is 0 Å². The van der Waals surface area contributed by atoms with E-state index >= 15 is 0 Å². The van der Waals surface area contributed by atoms with Crippen molar-refractivity contribution in [1.82, 2.24) is 4.31 Å². The second-order valence-corrected chi connectivity index (χ2v) is 3.30. The molecule has 0 atom stereocenters. The van der Waals surface area contributed by atoms with Crippen LogP contribution in [0.2, 0.25) is 0 Å². The number of alkyl halides is 1. The second kappa shape index (κ2) is 1.89. The summed E-state index contributed by atoms with van der Waals surface area (Å²) in [5, 5.41) is 0. The Bertz CT molecular complexity index is 195. The van der Waals surface area contributed by atoms with Crippen LogP contribution >= 0.6 is 0 Å². The normalized spacial score (nSPS) is 23.8. The molecule has 0 radical (unpaired) electrons. The summed E-state index contributed by atoms with van der Waals surface area (Å²) in [6, 6.07) is 0. The predicted molar refractivity (Wildman–Crippen MR) is 28.0 cm³/mol. The van der Waals surface area contributed by atoms with Crippen molar-refractivity contribution in [3.63, 3.8) is 0 Å². The van der Waals surface area contributed by atoms with Crippen molar-refractivity contribution in [2.24, 2.45) is 0 Å². The van der Waals surface area contributed by atoms with Gasteiger partial charge in [-0.3, -0.25) is 4.55 Å². The fourth-order valence-electron chi connectivity index (χ4n) is 0.577. The van der Waals surface area contributed by atoms with E-state index in [0.717, 1.165) is 0 Å². The molecule has 0 bridgehead atoms. The van der Waals surface area contributed by atoms with Gasteiger partial charge in [-0.25, -0.2) is 4.39 Å². The van der Waals surface area contributed by atoms with Crippen LogP contribution in [0.15, 0.2) is 0 Å². The van der Waals surface area contributed by atoms with Crippen LogP contribution in [-0.2, 0) is 10.3 Å². The van der Waals surface area contributed by atoms with E-state index in [-0.39, 0.29) is 13.1 Å². The Morgan fingerprint density at radius 2 is 2.00 bits per heavy atom. The van der Waals surface area contributed by atoms with Gasteiger partial charge in [0.15, 0.2) is 0 Å². The lowest BCUT2D eigenvalue weighted by atomic mass is 10.3. The van der Waals surface area contributed by atoms with Crippen LogP contribution in [0.3, 0.4) is 0 Å². The third kappa shape index (κ3) is 1.38. The molecule has 0 saturated carbocycles. The maximum atomic E-state index is 11.9. The molecule has 1 aliphatic rings. The maximum absolute atomic E-state index is 11.9. The van der Waals surface area contributed by atoms with Gasteiger partial charge in [-0.05, 0) is 0 Å². The molecule has 1 saturated heterocycles. The van der Waals surface area contributed by atoms with Crippen molar-refractivity contribution in [2.75, 3.05) is 13.1 Å². The zero-order valence-electron chi connectivity index (χ0n) is 4.49. The topological polar surface area (TPSA) is 57.6 Å². The highest BCUT2D eigenvalue weighted by Gasteiger charge is 2.34. The van der Waals surface area contributed by atoms with Gasteiger partial charge in [0.25, 0.3) is 0 Å². The minimum atomic E-state index is -4.11. The van der Waals surface area contributed by atoms with Crippen LogP contribution in [0.4, 0.5) is 4.39 Å². The van der Waals surface area contributed by atoms with E-state index in [0.29, 0.717) is 4.31 Å². The molecule has 0 aliphatic carbocycles. The first-order valence-electron chi connectivity index (χ1n) is 2.37. The van der Waals surface area contributed by atoms with Crippen molar-refractivity contribution in [1.29, 1.82) is 0 Å². The quantitative estimate of drug-likeness (QED) is 0.516. The molecule has 1 aliphatic heterocycles. The van der Waals surface area contributed by atoms with Gasteiger partial charge >= 0.3 is 10.3 Å².